The fraction of sp³-hybridized carbons (Fsp3) is 0.625. The van der Waals surface area contributed by atoms with Crippen LogP contribution in [0.4, 0.5) is 0 Å². The Morgan fingerprint density at radius 2 is 2.10 bits per heavy atom. The summed E-state index contributed by atoms with van der Waals surface area (Å²) < 4.78 is 0. The van der Waals surface area contributed by atoms with Gasteiger partial charge in [-0.15, -0.1) is 24.0 Å². The van der Waals surface area contributed by atoms with Crippen LogP contribution in [-0.4, -0.2) is 41.5 Å². The van der Waals surface area contributed by atoms with E-state index in [1.807, 2.05) is 19.3 Å². The van der Waals surface area contributed by atoms with Crippen molar-refractivity contribution in [3.8, 4) is 0 Å². The number of hydrogen-bond acceptors (Lipinski definition) is 2. The van der Waals surface area contributed by atoms with Gasteiger partial charge in [-0.1, -0.05) is 19.9 Å². The molecule has 1 aromatic rings. The first-order valence-corrected chi connectivity index (χ1v) is 7.26. The Hall–Kier alpha value is -0.850. The van der Waals surface area contributed by atoms with E-state index in [9.17, 15) is 0 Å². The van der Waals surface area contributed by atoms with E-state index in [2.05, 4.69) is 54.0 Å². The van der Waals surface area contributed by atoms with Gasteiger partial charge in [0.05, 0.1) is 0 Å². The van der Waals surface area contributed by atoms with Crippen LogP contribution < -0.4 is 5.32 Å². The topological polar surface area (TPSA) is 40.5 Å². The molecule has 1 fully saturated rings. The first-order chi connectivity index (χ1) is 9.38. The molecule has 0 aliphatic carbocycles. The molecule has 2 heterocycles. The Morgan fingerprint density at radius 3 is 2.57 bits per heavy atom. The third-order valence-corrected chi connectivity index (χ3v) is 4.77. The highest BCUT2D eigenvalue weighted by Crippen LogP contribution is 2.46. The van der Waals surface area contributed by atoms with Crippen LogP contribution in [0.15, 0.2) is 29.5 Å². The normalized spacial score (nSPS) is 19.5. The van der Waals surface area contributed by atoms with Crippen molar-refractivity contribution < 1.29 is 0 Å². The Balaban J connectivity index is 0.00000220. The number of hydrogen-bond donors (Lipinski definition) is 1. The van der Waals surface area contributed by atoms with Crippen molar-refractivity contribution in [3.63, 3.8) is 0 Å². The molecule has 1 saturated heterocycles. The molecule has 0 saturated carbocycles. The molecule has 0 bridgehead atoms. The molecule has 21 heavy (non-hydrogen) atoms. The minimum Gasteiger partial charge on any atom is -0.356 e. The maximum atomic E-state index is 4.42. The molecule has 1 N–H and O–H groups in total. The van der Waals surface area contributed by atoms with Gasteiger partial charge in [0.15, 0.2) is 5.96 Å². The SMILES string of the molecule is CN=C(NCCc1cccnc1)N1CC(C)(C)C1(C)C.I. The van der Waals surface area contributed by atoms with Crippen LogP contribution in [0.25, 0.3) is 0 Å². The summed E-state index contributed by atoms with van der Waals surface area (Å²) in [7, 11) is 1.85. The van der Waals surface area contributed by atoms with Crippen LogP contribution in [0.1, 0.15) is 33.3 Å². The number of aromatic nitrogens is 1. The van der Waals surface area contributed by atoms with Crippen molar-refractivity contribution in [2.75, 3.05) is 20.1 Å². The summed E-state index contributed by atoms with van der Waals surface area (Å²) in [6.45, 7) is 11.1. The fourth-order valence-corrected chi connectivity index (χ4v) is 2.56. The van der Waals surface area contributed by atoms with Crippen molar-refractivity contribution in [3.05, 3.63) is 30.1 Å². The number of pyridine rings is 1. The van der Waals surface area contributed by atoms with Crippen molar-refractivity contribution >= 4 is 29.9 Å². The standard InChI is InChI=1S/C16H26N4.HI/c1-15(2)12-20(16(15,3)4)14(17-5)19-10-8-13-7-6-9-18-11-13;/h6-7,9,11H,8,10,12H2,1-5H3,(H,17,19);1H. The van der Waals surface area contributed by atoms with E-state index >= 15 is 0 Å². The predicted octanol–water partition coefficient (Wildman–Crippen LogP) is 2.94. The van der Waals surface area contributed by atoms with E-state index in [0.717, 1.165) is 25.5 Å². The minimum atomic E-state index is 0. The van der Waals surface area contributed by atoms with Gasteiger partial charge in [-0.3, -0.25) is 9.98 Å². The number of halogens is 1. The van der Waals surface area contributed by atoms with Gasteiger partial charge in [-0.05, 0) is 31.9 Å². The first-order valence-electron chi connectivity index (χ1n) is 7.26. The zero-order valence-electron chi connectivity index (χ0n) is 13.7. The lowest BCUT2D eigenvalue weighted by Gasteiger charge is -2.62. The van der Waals surface area contributed by atoms with Crippen molar-refractivity contribution in [2.24, 2.45) is 10.4 Å². The number of guanidine groups is 1. The molecule has 4 nitrogen and oxygen atoms in total. The highest BCUT2D eigenvalue weighted by atomic mass is 127. The van der Waals surface area contributed by atoms with Gasteiger partial charge < -0.3 is 10.2 Å². The molecule has 5 heteroatoms. The van der Waals surface area contributed by atoms with E-state index in [-0.39, 0.29) is 29.5 Å². The monoisotopic (exact) mass is 402 g/mol. The Bertz CT molecular complexity index is 482. The van der Waals surface area contributed by atoms with Crippen molar-refractivity contribution in [2.45, 2.75) is 39.7 Å². The number of likely N-dealkylation sites (tertiary alicyclic amines) is 1. The van der Waals surface area contributed by atoms with Crippen LogP contribution in [0, 0.1) is 5.41 Å². The Labute approximate surface area is 145 Å². The summed E-state index contributed by atoms with van der Waals surface area (Å²) >= 11 is 0. The molecule has 0 unspecified atom stereocenters. The number of nitrogens with one attached hydrogen (secondary N) is 1. The van der Waals surface area contributed by atoms with E-state index in [1.54, 1.807) is 6.20 Å². The van der Waals surface area contributed by atoms with Crippen LogP contribution in [0.5, 0.6) is 0 Å². The summed E-state index contributed by atoms with van der Waals surface area (Å²) in [6.07, 6.45) is 4.69. The van der Waals surface area contributed by atoms with Gasteiger partial charge in [0.1, 0.15) is 0 Å². The Morgan fingerprint density at radius 1 is 1.38 bits per heavy atom. The molecular formula is C16H27IN4. The van der Waals surface area contributed by atoms with E-state index < -0.39 is 0 Å². The van der Waals surface area contributed by atoms with Crippen LogP contribution in [-0.2, 0) is 6.42 Å². The lowest BCUT2D eigenvalue weighted by atomic mass is 9.65. The van der Waals surface area contributed by atoms with E-state index in [1.165, 1.54) is 5.56 Å². The molecule has 0 spiro atoms. The third kappa shape index (κ3) is 3.67. The summed E-state index contributed by atoms with van der Waals surface area (Å²) in [6, 6.07) is 4.08. The smallest absolute Gasteiger partial charge is 0.194 e. The quantitative estimate of drug-likeness (QED) is 0.480. The number of nitrogens with zero attached hydrogens (tertiary/aromatic N) is 3. The second-order valence-corrected chi connectivity index (χ2v) is 6.61. The van der Waals surface area contributed by atoms with Gasteiger partial charge in [0.25, 0.3) is 0 Å². The average Bonchev–Trinajstić information content (AvgIpc) is 2.43. The van der Waals surface area contributed by atoms with E-state index in [4.69, 9.17) is 0 Å². The second-order valence-electron chi connectivity index (χ2n) is 6.61. The zero-order valence-corrected chi connectivity index (χ0v) is 16.0. The molecule has 2 rings (SSSR count). The molecule has 0 aromatic carbocycles. The van der Waals surface area contributed by atoms with Crippen molar-refractivity contribution in [1.82, 2.24) is 15.2 Å². The Kier molecular flexibility index (Phi) is 6.01. The van der Waals surface area contributed by atoms with Gasteiger partial charge in [-0.2, -0.15) is 0 Å². The van der Waals surface area contributed by atoms with Crippen molar-refractivity contribution in [1.29, 1.82) is 0 Å². The maximum absolute atomic E-state index is 4.42. The largest absolute Gasteiger partial charge is 0.356 e. The molecule has 1 aliphatic heterocycles. The second kappa shape index (κ2) is 6.94. The molecule has 0 radical (unpaired) electrons. The summed E-state index contributed by atoms with van der Waals surface area (Å²) in [4.78, 5) is 10.9. The van der Waals surface area contributed by atoms with E-state index in [0.29, 0.717) is 5.41 Å². The molecule has 1 aromatic heterocycles. The first kappa shape index (κ1) is 18.2. The number of rotatable bonds is 3. The van der Waals surface area contributed by atoms with Gasteiger partial charge in [0, 0.05) is 43.5 Å². The predicted molar refractivity (Wildman–Crippen MR) is 99.3 cm³/mol. The third-order valence-electron chi connectivity index (χ3n) is 4.77. The lowest BCUT2D eigenvalue weighted by Crippen LogP contribution is -2.72. The summed E-state index contributed by atoms with van der Waals surface area (Å²) in [5, 5.41) is 3.46. The minimum absolute atomic E-state index is 0. The average molecular weight is 402 g/mol. The van der Waals surface area contributed by atoms with Crippen LogP contribution >= 0.6 is 24.0 Å². The van der Waals surface area contributed by atoms with Gasteiger partial charge in [-0.25, -0.2) is 0 Å². The fourth-order valence-electron chi connectivity index (χ4n) is 2.56. The maximum Gasteiger partial charge on any atom is 0.194 e. The molecule has 1 aliphatic rings. The summed E-state index contributed by atoms with van der Waals surface area (Å²) in [5.74, 6) is 0.998. The molecular weight excluding hydrogens is 375 g/mol. The van der Waals surface area contributed by atoms with Gasteiger partial charge in [0.2, 0.25) is 0 Å². The lowest BCUT2D eigenvalue weighted by molar-refractivity contribution is -0.0666. The highest BCUT2D eigenvalue weighted by Gasteiger charge is 2.53. The van der Waals surface area contributed by atoms with Crippen LogP contribution in [0.2, 0.25) is 0 Å². The zero-order chi connectivity index (χ0) is 14.8. The van der Waals surface area contributed by atoms with Gasteiger partial charge >= 0.3 is 0 Å². The highest BCUT2D eigenvalue weighted by molar-refractivity contribution is 14.0. The number of aliphatic imine (C=N–C) groups is 1. The molecule has 0 amide bonds. The molecule has 118 valence electrons. The van der Waals surface area contributed by atoms with Crippen LogP contribution in [0.3, 0.4) is 0 Å². The molecule has 0 atom stereocenters. The summed E-state index contributed by atoms with van der Waals surface area (Å²) in [5.41, 5.74) is 1.72.